The van der Waals surface area contributed by atoms with Crippen LogP contribution in [0.1, 0.15) is 77.6 Å². The molecule has 8 N–H and O–H groups in total. The predicted octanol–water partition coefficient (Wildman–Crippen LogP) is -0.714. The Labute approximate surface area is 207 Å². The Hall–Kier alpha value is -0.440. The zero-order valence-electron chi connectivity index (χ0n) is 20.7. The molecule has 0 amide bonds. The summed E-state index contributed by atoms with van der Waals surface area (Å²) < 4.78 is 17.1. The van der Waals surface area contributed by atoms with Crippen LogP contribution in [0.2, 0.25) is 0 Å². The van der Waals surface area contributed by atoms with Crippen LogP contribution >= 0.6 is 0 Å². The summed E-state index contributed by atoms with van der Waals surface area (Å²) in [6.07, 6.45) is -0.752. The van der Waals surface area contributed by atoms with Gasteiger partial charge >= 0.3 is 0 Å². The van der Waals surface area contributed by atoms with Crippen LogP contribution in [0, 0.1) is 0 Å². The summed E-state index contributed by atoms with van der Waals surface area (Å²) in [5.41, 5.74) is 0. The molecule has 0 aromatic carbocycles. The zero-order valence-corrected chi connectivity index (χ0v) is 20.7. The second kappa shape index (κ2) is 14.5. The fraction of sp³-hybridized carbons (Fsp3) is 1.00. The lowest BCUT2D eigenvalue weighted by Gasteiger charge is -2.51. The van der Waals surface area contributed by atoms with Gasteiger partial charge in [-0.2, -0.15) is 0 Å². The lowest BCUT2D eigenvalue weighted by Crippen LogP contribution is -2.69. The summed E-state index contributed by atoms with van der Waals surface area (Å²) in [4.78, 5) is 0. The van der Waals surface area contributed by atoms with Crippen LogP contribution in [-0.4, -0.2) is 115 Å². The molecule has 2 aliphatic heterocycles. The highest BCUT2D eigenvalue weighted by atomic mass is 16.8. The first-order valence-corrected chi connectivity index (χ1v) is 13.0. The van der Waals surface area contributed by atoms with Crippen molar-refractivity contribution in [3.8, 4) is 0 Å². The van der Waals surface area contributed by atoms with E-state index in [2.05, 4.69) is 6.92 Å². The molecular weight excluding hydrogens is 464 g/mol. The van der Waals surface area contributed by atoms with Crippen LogP contribution in [0.25, 0.3) is 0 Å². The molecule has 0 aromatic rings. The Balaban J connectivity index is 2.08. The Bertz CT molecular complexity index is 594. The predicted molar refractivity (Wildman–Crippen MR) is 124 cm³/mol. The highest BCUT2D eigenvalue weighted by Gasteiger charge is 2.63. The van der Waals surface area contributed by atoms with Gasteiger partial charge in [0.25, 0.3) is 0 Å². The quantitative estimate of drug-likeness (QED) is 0.122. The average molecular weight is 511 g/mol. The second-order valence-electron chi connectivity index (χ2n) is 9.86. The molecule has 0 spiro atoms. The first kappa shape index (κ1) is 30.8. The fourth-order valence-electron chi connectivity index (χ4n) is 4.95. The third-order valence-electron chi connectivity index (χ3n) is 7.17. The molecule has 11 heteroatoms. The monoisotopic (exact) mass is 510 g/mol. The molecule has 1 unspecified atom stereocenters. The topological polar surface area (TPSA) is 190 Å². The van der Waals surface area contributed by atoms with Crippen molar-refractivity contribution in [1.82, 2.24) is 0 Å². The lowest BCUT2D eigenvalue weighted by molar-refractivity contribution is -0.435. The summed E-state index contributed by atoms with van der Waals surface area (Å²) >= 11 is 0. The van der Waals surface area contributed by atoms with Gasteiger partial charge in [-0.15, -0.1) is 0 Å². The Kier molecular flexibility index (Phi) is 12.7. The minimum atomic E-state index is -2.27. The molecule has 9 atom stereocenters. The molecule has 2 heterocycles. The van der Waals surface area contributed by atoms with Crippen LogP contribution in [0.5, 0.6) is 0 Å². The summed E-state index contributed by atoms with van der Waals surface area (Å²) in [6, 6.07) is 0. The average Bonchev–Trinajstić information content (AvgIpc) is 3.10. The van der Waals surface area contributed by atoms with Gasteiger partial charge in [-0.3, -0.25) is 0 Å². The minimum absolute atomic E-state index is 0.0112. The summed E-state index contributed by atoms with van der Waals surface area (Å²) in [5.74, 6) is -4.34. The van der Waals surface area contributed by atoms with Crippen molar-refractivity contribution < 1.29 is 55.1 Å². The van der Waals surface area contributed by atoms with Crippen molar-refractivity contribution in [3.63, 3.8) is 0 Å². The van der Waals surface area contributed by atoms with Gasteiger partial charge in [0.05, 0.1) is 13.2 Å². The van der Waals surface area contributed by atoms with E-state index in [-0.39, 0.29) is 6.42 Å². The number of aliphatic hydroxyl groups is 8. The van der Waals surface area contributed by atoms with Crippen molar-refractivity contribution in [3.05, 3.63) is 0 Å². The van der Waals surface area contributed by atoms with Crippen molar-refractivity contribution in [1.29, 1.82) is 0 Å². The highest BCUT2D eigenvalue weighted by molar-refractivity contribution is 5.02. The molecule has 208 valence electrons. The Morgan fingerprint density at radius 2 is 1.06 bits per heavy atom. The molecule has 2 saturated heterocycles. The van der Waals surface area contributed by atoms with Gasteiger partial charge in [0, 0.05) is 6.42 Å². The number of hydrogen-bond donors (Lipinski definition) is 8. The summed E-state index contributed by atoms with van der Waals surface area (Å²) in [6.45, 7) is -0.134. The summed E-state index contributed by atoms with van der Waals surface area (Å²) in [7, 11) is 0. The molecule has 0 aliphatic carbocycles. The van der Waals surface area contributed by atoms with E-state index in [1.165, 1.54) is 32.1 Å². The van der Waals surface area contributed by atoms with Gasteiger partial charge < -0.3 is 55.1 Å². The third kappa shape index (κ3) is 7.32. The van der Waals surface area contributed by atoms with Gasteiger partial charge in [-0.1, -0.05) is 64.7 Å². The van der Waals surface area contributed by atoms with E-state index in [1.807, 2.05) is 0 Å². The number of rotatable bonds is 16. The van der Waals surface area contributed by atoms with Crippen LogP contribution in [0.15, 0.2) is 0 Å². The maximum absolute atomic E-state index is 10.9. The normalized spacial score (nSPS) is 39.9. The number of ether oxygens (including phenoxy) is 3. The highest BCUT2D eigenvalue weighted by Crippen LogP contribution is 2.43. The summed E-state index contributed by atoms with van der Waals surface area (Å²) in [5, 5.41) is 81.4. The van der Waals surface area contributed by atoms with E-state index in [0.717, 1.165) is 25.7 Å². The van der Waals surface area contributed by atoms with Gasteiger partial charge in [0.2, 0.25) is 11.6 Å². The third-order valence-corrected chi connectivity index (χ3v) is 7.17. The molecule has 0 bridgehead atoms. The first-order chi connectivity index (χ1) is 16.7. The molecule has 2 fully saturated rings. The molecule has 0 saturated carbocycles. The minimum Gasteiger partial charge on any atom is -0.394 e. The van der Waals surface area contributed by atoms with Crippen molar-refractivity contribution >= 4 is 0 Å². The van der Waals surface area contributed by atoms with Crippen molar-refractivity contribution in [2.24, 2.45) is 0 Å². The number of hydrogen-bond acceptors (Lipinski definition) is 11. The first-order valence-electron chi connectivity index (χ1n) is 13.0. The van der Waals surface area contributed by atoms with E-state index in [0.29, 0.717) is 6.42 Å². The smallest absolute Gasteiger partial charge is 0.224 e. The van der Waals surface area contributed by atoms with E-state index in [4.69, 9.17) is 14.2 Å². The van der Waals surface area contributed by atoms with Gasteiger partial charge in [-0.05, 0) is 6.42 Å². The van der Waals surface area contributed by atoms with Crippen LogP contribution < -0.4 is 0 Å². The maximum atomic E-state index is 10.9. The van der Waals surface area contributed by atoms with E-state index >= 15 is 0 Å². The SMILES string of the molecule is CCCCCCCCCCCC[C@@]1(OC2(CO)O[C@H](CO)[C@@H](O)[C@@H]2O)O[C@H](CO)[C@@H](O)[C@H](O)[C@H]1O. The molecule has 0 radical (unpaired) electrons. The van der Waals surface area contributed by atoms with Crippen molar-refractivity contribution in [2.45, 2.75) is 132 Å². The number of aliphatic hydroxyl groups excluding tert-OH is 8. The lowest BCUT2D eigenvalue weighted by atomic mass is 9.88. The van der Waals surface area contributed by atoms with Crippen LogP contribution in [-0.2, 0) is 14.2 Å². The maximum Gasteiger partial charge on any atom is 0.224 e. The largest absolute Gasteiger partial charge is 0.394 e. The Morgan fingerprint density at radius 1 is 0.600 bits per heavy atom. The van der Waals surface area contributed by atoms with Gasteiger partial charge in [-0.25, -0.2) is 0 Å². The zero-order chi connectivity index (χ0) is 26.1. The van der Waals surface area contributed by atoms with E-state index in [9.17, 15) is 40.9 Å². The van der Waals surface area contributed by atoms with Crippen LogP contribution in [0.4, 0.5) is 0 Å². The Morgan fingerprint density at radius 3 is 1.54 bits per heavy atom. The molecule has 2 rings (SSSR count). The fourth-order valence-corrected chi connectivity index (χ4v) is 4.95. The van der Waals surface area contributed by atoms with Gasteiger partial charge in [0.15, 0.2) is 0 Å². The molecule has 35 heavy (non-hydrogen) atoms. The molecule has 2 aliphatic rings. The van der Waals surface area contributed by atoms with E-state index in [1.54, 1.807) is 0 Å². The second-order valence-corrected chi connectivity index (χ2v) is 9.86. The number of unbranched alkanes of at least 4 members (excludes halogenated alkanes) is 9. The van der Waals surface area contributed by atoms with E-state index < -0.39 is 74.1 Å². The van der Waals surface area contributed by atoms with Crippen LogP contribution in [0.3, 0.4) is 0 Å². The van der Waals surface area contributed by atoms with Gasteiger partial charge in [0.1, 0.15) is 49.3 Å². The molecular formula is C24H46O11. The molecule has 11 nitrogen and oxygen atoms in total. The standard InChI is InChI=1S/C24H46O11/c1-2-3-4-5-6-7-8-9-10-11-12-23(22(32)20(30)18(28)16(13-25)33-23)35-24(15-27)21(31)19(29)17(14-26)34-24/h16-22,25-32H,2-15H2,1H3/t16-,17-,18-,19-,20+,21+,22-,23+,24?/m1/s1. The van der Waals surface area contributed by atoms with Crippen molar-refractivity contribution in [2.75, 3.05) is 19.8 Å². The molecule has 0 aromatic heterocycles.